The maximum atomic E-state index is 12.3. The molecule has 1 nitrogen and oxygen atoms in total. The first-order chi connectivity index (χ1) is 9.07. The van der Waals surface area contributed by atoms with E-state index in [1.54, 1.807) is 0 Å². The van der Waals surface area contributed by atoms with Gasteiger partial charge in [-0.05, 0) is 48.0 Å². The standard InChI is InChI=1S/C18H24O/c1-18(2)15-9-8-14(11-15)17(18)12-16(19)10-13-6-4-3-5-7-13/h3-7,14-15,17H,8-12H2,1-2H3. The zero-order valence-electron chi connectivity index (χ0n) is 12.1. The third-order valence-electron chi connectivity index (χ3n) is 5.74. The van der Waals surface area contributed by atoms with Crippen molar-refractivity contribution in [3.05, 3.63) is 35.9 Å². The van der Waals surface area contributed by atoms with Crippen LogP contribution in [0.4, 0.5) is 0 Å². The average molecular weight is 256 g/mol. The van der Waals surface area contributed by atoms with Crippen LogP contribution < -0.4 is 0 Å². The molecule has 2 saturated carbocycles. The highest BCUT2D eigenvalue weighted by molar-refractivity contribution is 5.81. The van der Waals surface area contributed by atoms with E-state index in [0.29, 0.717) is 23.5 Å². The highest BCUT2D eigenvalue weighted by Crippen LogP contribution is 2.60. The van der Waals surface area contributed by atoms with Gasteiger partial charge in [0, 0.05) is 12.8 Å². The Morgan fingerprint density at radius 2 is 1.95 bits per heavy atom. The molecule has 1 aromatic carbocycles. The lowest BCUT2D eigenvalue weighted by atomic mass is 9.67. The van der Waals surface area contributed by atoms with Crippen LogP contribution in [0.3, 0.4) is 0 Å². The van der Waals surface area contributed by atoms with Crippen molar-refractivity contribution < 1.29 is 4.79 Å². The van der Waals surface area contributed by atoms with Crippen molar-refractivity contribution in [3.8, 4) is 0 Å². The van der Waals surface area contributed by atoms with Crippen molar-refractivity contribution in [2.24, 2.45) is 23.2 Å². The monoisotopic (exact) mass is 256 g/mol. The van der Waals surface area contributed by atoms with Gasteiger partial charge in [0.15, 0.2) is 0 Å². The average Bonchev–Trinajstić information content (AvgIpc) is 2.93. The molecular formula is C18H24O. The smallest absolute Gasteiger partial charge is 0.137 e. The van der Waals surface area contributed by atoms with Crippen molar-refractivity contribution >= 4 is 5.78 Å². The summed E-state index contributed by atoms with van der Waals surface area (Å²) in [6, 6.07) is 10.2. The Labute approximate surface area is 116 Å². The van der Waals surface area contributed by atoms with E-state index in [1.165, 1.54) is 19.3 Å². The number of hydrogen-bond acceptors (Lipinski definition) is 1. The molecule has 2 aliphatic rings. The molecule has 0 N–H and O–H groups in total. The molecule has 1 heteroatoms. The van der Waals surface area contributed by atoms with Crippen molar-refractivity contribution in [1.82, 2.24) is 0 Å². The Hall–Kier alpha value is -1.11. The quantitative estimate of drug-likeness (QED) is 0.786. The van der Waals surface area contributed by atoms with Gasteiger partial charge in [-0.2, -0.15) is 0 Å². The van der Waals surface area contributed by atoms with Crippen molar-refractivity contribution in [1.29, 1.82) is 0 Å². The minimum absolute atomic E-state index is 0.384. The van der Waals surface area contributed by atoms with Gasteiger partial charge in [-0.3, -0.25) is 4.79 Å². The zero-order valence-corrected chi connectivity index (χ0v) is 12.1. The van der Waals surface area contributed by atoms with Crippen LogP contribution in [0.5, 0.6) is 0 Å². The molecular weight excluding hydrogens is 232 g/mol. The highest BCUT2D eigenvalue weighted by atomic mass is 16.1. The number of ketones is 1. The van der Waals surface area contributed by atoms with E-state index < -0.39 is 0 Å². The molecule has 0 radical (unpaired) electrons. The molecule has 0 heterocycles. The molecule has 19 heavy (non-hydrogen) atoms. The van der Waals surface area contributed by atoms with Gasteiger partial charge in [0.2, 0.25) is 0 Å². The first kappa shape index (κ1) is 12.9. The van der Waals surface area contributed by atoms with E-state index in [9.17, 15) is 4.79 Å². The van der Waals surface area contributed by atoms with Gasteiger partial charge in [-0.25, -0.2) is 0 Å². The first-order valence-corrected chi connectivity index (χ1v) is 7.63. The number of rotatable bonds is 4. The van der Waals surface area contributed by atoms with E-state index in [4.69, 9.17) is 0 Å². The molecule has 2 aliphatic carbocycles. The molecule has 2 bridgehead atoms. The Morgan fingerprint density at radius 3 is 2.58 bits per heavy atom. The van der Waals surface area contributed by atoms with Gasteiger partial charge in [0.05, 0.1) is 0 Å². The Kier molecular flexibility index (Phi) is 3.24. The van der Waals surface area contributed by atoms with E-state index in [1.807, 2.05) is 18.2 Å². The molecule has 1 aromatic rings. The van der Waals surface area contributed by atoms with Gasteiger partial charge >= 0.3 is 0 Å². The summed E-state index contributed by atoms with van der Waals surface area (Å²) in [7, 11) is 0. The molecule has 0 spiro atoms. The van der Waals surface area contributed by atoms with E-state index in [0.717, 1.165) is 23.8 Å². The Bertz CT molecular complexity index is 460. The minimum atomic E-state index is 0.384. The lowest BCUT2D eigenvalue weighted by Crippen LogP contribution is -2.32. The number of carbonyl (C=O) groups excluding carboxylic acids is 1. The summed E-state index contributed by atoms with van der Waals surface area (Å²) >= 11 is 0. The molecule has 3 rings (SSSR count). The van der Waals surface area contributed by atoms with Crippen molar-refractivity contribution in [2.45, 2.75) is 46.0 Å². The fraction of sp³-hybridized carbons (Fsp3) is 0.611. The largest absolute Gasteiger partial charge is 0.299 e. The molecule has 0 saturated heterocycles. The normalized spacial score (nSPS) is 31.6. The van der Waals surface area contributed by atoms with Gasteiger partial charge < -0.3 is 0 Å². The Balaban J connectivity index is 1.64. The predicted octanol–water partition coefficient (Wildman–Crippen LogP) is 4.26. The second-order valence-electron chi connectivity index (χ2n) is 7.10. The van der Waals surface area contributed by atoms with Gasteiger partial charge in [-0.15, -0.1) is 0 Å². The molecule has 2 fully saturated rings. The zero-order chi connectivity index (χ0) is 13.5. The summed E-state index contributed by atoms with van der Waals surface area (Å²) in [5.74, 6) is 2.74. The van der Waals surface area contributed by atoms with Crippen LogP contribution in [0.15, 0.2) is 30.3 Å². The van der Waals surface area contributed by atoms with Crippen LogP contribution in [0.1, 0.15) is 45.1 Å². The second kappa shape index (κ2) is 4.77. The van der Waals surface area contributed by atoms with Gasteiger partial charge in [0.1, 0.15) is 5.78 Å². The van der Waals surface area contributed by atoms with E-state index >= 15 is 0 Å². The van der Waals surface area contributed by atoms with Crippen LogP contribution in [0, 0.1) is 23.2 Å². The summed E-state index contributed by atoms with van der Waals surface area (Å²) < 4.78 is 0. The topological polar surface area (TPSA) is 17.1 Å². The first-order valence-electron chi connectivity index (χ1n) is 7.63. The molecule has 0 aromatic heterocycles. The fourth-order valence-corrected chi connectivity index (χ4v) is 4.54. The van der Waals surface area contributed by atoms with Crippen LogP contribution in [0.25, 0.3) is 0 Å². The Morgan fingerprint density at radius 1 is 1.21 bits per heavy atom. The summed E-state index contributed by atoms with van der Waals surface area (Å²) in [4.78, 5) is 12.3. The van der Waals surface area contributed by atoms with Crippen LogP contribution >= 0.6 is 0 Å². The van der Waals surface area contributed by atoms with Crippen molar-refractivity contribution in [2.75, 3.05) is 0 Å². The molecule has 0 amide bonds. The lowest BCUT2D eigenvalue weighted by molar-refractivity contribution is -0.120. The third-order valence-corrected chi connectivity index (χ3v) is 5.74. The third kappa shape index (κ3) is 2.35. The summed E-state index contributed by atoms with van der Waals surface area (Å²) in [5.41, 5.74) is 1.54. The number of benzene rings is 1. The predicted molar refractivity (Wildman–Crippen MR) is 77.9 cm³/mol. The number of hydrogen-bond donors (Lipinski definition) is 0. The van der Waals surface area contributed by atoms with Crippen LogP contribution in [-0.2, 0) is 11.2 Å². The van der Waals surface area contributed by atoms with Crippen LogP contribution in [0.2, 0.25) is 0 Å². The van der Waals surface area contributed by atoms with E-state index in [-0.39, 0.29) is 0 Å². The summed E-state index contributed by atoms with van der Waals surface area (Å²) in [6.07, 6.45) is 5.53. The number of carbonyl (C=O) groups is 1. The number of Topliss-reactive ketones (excluding diaryl/α,β-unsaturated/α-hetero) is 1. The maximum Gasteiger partial charge on any atom is 0.137 e. The van der Waals surface area contributed by atoms with Crippen LogP contribution in [-0.4, -0.2) is 5.78 Å². The van der Waals surface area contributed by atoms with E-state index in [2.05, 4.69) is 26.0 Å². The number of fused-ring (bicyclic) bond motifs is 2. The lowest BCUT2D eigenvalue weighted by Gasteiger charge is -2.38. The molecule has 0 aliphatic heterocycles. The summed E-state index contributed by atoms with van der Waals surface area (Å²) in [5, 5.41) is 0. The SMILES string of the molecule is CC1(C)C2CCC(C2)C1CC(=O)Cc1ccccc1. The molecule has 102 valence electrons. The fourth-order valence-electron chi connectivity index (χ4n) is 4.54. The van der Waals surface area contributed by atoms with Crippen molar-refractivity contribution in [3.63, 3.8) is 0 Å². The highest BCUT2D eigenvalue weighted by Gasteiger charge is 2.52. The minimum Gasteiger partial charge on any atom is -0.299 e. The second-order valence-corrected chi connectivity index (χ2v) is 7.10. The summed E-state index contributed by atoms with van der Waals surface area (Å²) in [6.45, 7) is 4.77. The van der Waals surface area contributed by atoms with Gasteiger partial charge in [-0.1, -0.05) is 44.2 Å². The van der Waals surface area contributed by atoms with Gasteiger partial charge in [0.25, 0.3) is 0 Å². The molecule has 3 unspecified atom stereocenters. The molecule has 3 atom stereocenters. The maximum absolute atomic E-state index is 12.3.